The van der Waals surface area contributed by atoms with Crippen LogP contribution in [0.25, 0.3) is 11.1 Å². The molecule has 3 rings (SSSR count). The van der Waals surface area contributed by atoms with Crippen molar-refractivity contribution in [1.82, 2.24) is 25.0 Å². The molecule has 0 atom stereocenters. The average Bonchev–Trinajstić information content (AvgIpc) is 3.06. The van der Waals surface area contributed by atoms with E-state index in [1.54, 1.807) is 36.0 Å². The van der Waals surface area contributed by atoms with Crippen molar-refractivity contribution in [2.45, 2.75) is 11.7 Å². The summed E-state index contributed by atoms with van der Waals surface area (Å²) in [5.41, 5.74) is 2.25. The molecule has 0 aliphatic heterocycles. The SMILES string of the molecule is CN(C)CCSc1nnc(CNC(=O)c2cccc(-c3ccc(F)cc3)c2)n1C. The van der Waals surface area contributed by atoms with Crippen LogP contribution in [0.4, 0.5) is 4.39 Å². The van der Waals surface area contributed by atoms with Crippen molar-refractivity contribution < 1.29 is 9.18 Å². The molecule has 0 bridgehead atoms. The first-order chi connectivity index (χ1) is 13.9. The number of nitrogens with zero attached hydrogens (tertiary/aromatic N) is 4. The Bertz CT molecular complexity index is 971. The Labute approximate surface area is 174 Å². The molecule has 8 heteroatoms. The number of hydrogen-bond acceptors (Lipinski definition) is 5. The van der Waals surface area contributed by atoms with Crippen LogP contribution in [0.1, 0.15) is 16.2 Å². The average molecular weight is 414 g/mol. The van der Waals surface area contributed by atoms with Crippen molar-refractivity contribution >= 4 is 17.7 Å². The number of benzene rings is 2. The van der Waals surface area contributed by atoms with Gasteiger partial charge in [-0.1, -0.05) is 36.0 Å². The van der Waals surface area contributed by atoms with Crippen molar-refractivity contribution in [1.29, 1.82) is 0 Å². The fraction of sp³-hybridized carbons (Fsp3) is 0.286. The zero-order chi connectivity index (χ0) is 20.8. The molecular formula is C21H24FN5OS. The summed E-state index contributed by atoms with van der Waals surface area (Å²) in [4.78, 5) is 14.7. The van der Waals surface area contributed by atoms with Crippen LogP contribution in [0.3, 0.4) is 0 Å². The molecule has 1 amide bonds. The third-order valence-corrected chi connectivity index (χ3v) is 5.40. The molecule has 0 radical (unpaired) electrons. The van der Waals surface area contributed by atoms with Gasteiger partial charge in [0, 0.05) is 24.9 Å². The first kappa shape index (κ1) is 21.0. The number of carbonyl (C=O) groups is 1. The summed E-state index contributed by atoms with van der Waals surface area (Å²) >= 11 is 1.64. The van der Waals surface area contributed by atoms with E-state index >= 15 is 0 Å². The highest BCUT2D eigenvalue weighted by Gasteiger charge is 2.12. The predicted molar refractivity (Wildman–Crippen MR) is 113 cm³/mol. The van der Waals surface area contributed by atoms with Crippen molar-refractivity contribution in [2.75, 3.05) is 26.4 Å². The van der Waals surface area contributed by atoms with Crippen molar-refractivity contribution in [3.63, 3.8) is 0 Å². The van der Waals surface area contributed by atoms with E-state index in [0.717, 1.165) is 28.6 Å². The van der Waals surface area contributed by atoms with Crippen LogP contribution < -0.4 is 5.32 Å². The fourth-order valence-electron chi connectivity index (χ4n) is 2.69. The Morgan fingerprint density at radius 1 is 1.14 bits per heavy atom. The lowest BCUT2D eigenvalue weighted by Crippen LogP contribution is -2.24. The van der Waals surface area contributed by atoms with Crippen LogP contribution in [0.15, 0.2) is 53.7 Å². The second kappa shape index (κ2) is 9.67. The Balaban J connectivity index is 1.62. The van der Waals surface area contributed by atoms with Gasteiger partial charge in [0.25, 0.3) is 5.91 Å². The summed E-state index contributed by atoms with van der Waals surface area (Å²) in [6, 6.07) is 13.5. The summed E-state index contributed by atoms with van der Waals surface area (Å²) in [6.45, 7) is 1.24. The van der Waals surface area contributed by atoms with E-state index < -0.39 is 0 Å². The van der Waals surface area contributed by atoms with Gasteiger partial charge >= 0.3 is 0 Å². The Kier molecular flexibility index (Phi) is 7.00. The number of amides is 1. The maximum atomic E-state index is 13.1. The monoisotopic (exact) mass is 413 g/mol. The van der Waals surface area contributed by atoms with E-state index in [2.05, 4.69) is 20.4 Å². The second-order valence-corrected chi connectivity index (χ2v) is 7.94. The maximum absolute atomic E-state index is 13.1. The number of hydrogen-bond donors (Lipinski definition) is 1. The zero-order valence-corrected chi connectivity index (χ0v) is 17.5. The molecule has 6 nitrogen and oxygen atoms in total. The Hall–Kier alpha value is -2.71. The van der Waals surface area contributed by atoms with Crippen molar-refractivity contribution in [3.05, 3.63) is 65.7 Å². The normalized spacial score (nSPS) is 11.1. The van der Waals surface area contributed by atoms with Crippen LogP contribution in [0.5, 0.6) is 0 Å². The van der Waals surface area contributed by atoms with Gasteiger partial charge in [0.05, 0.1) is 6.54 Å². The minimum atomic E-state index is -0.287. The zero-order valence-electron chi connectivity index (χ0n) is 16.7. The number of halogens is 1. The van der Waals surface area contributed by atoms with Crippen LogP contribution in [-0.2, 0) is 13.6 Å². The lowest BCUT2D eigenvalue weighted by molar-refractivity contribution is 0.0949. The number of nitrogens with one attached hydrogen (secondary N) is 1. The molecule has 0 saturated carbocycles. The summed E-state index contributed by atoms with van der Waals surface area (Å²) in [6.07, 6.45) is 0. The minimum Gasteiger partial charge on any atom is -0.345 e. The molecule has 0 aliphatic rings. The first-order valence-electron chi connectivity index (χ1n) is 9.24. The number of rotatable bonds is 8. The molecule has 0 fully saturated rings. The number of carbonyl (C=O) groups excluding carboxylic acids is 1. The number of aromatic nitrogens is 3. The van der Waals surface area contributed by atoms with E-state index in [1.807, 2.05) is 37.8 Å². The lowest BCUT2D eigenvalue weighted by Gasteiger charge is -2.09. The van der Waals surface area contributed by atoms with Gasteiger partial charge in [0.2, 0.25) is 0 Å². The van der Waals surface area contributed by atoms with E-state index in [1.165, 1.54) is 12.1 Å². The van der Waals surface area contributed by atoms with E-state index in [-0.39, 0.29) is 18.3 Å². The van der Waals surface area contributed by atoms with Crippen LogP contribution in [0, 0.1) is 5.82 Å². The maximum Gasteiger partial charge on any atom is 0.251 e. The van der Waals surface area contributed by atoms with E-state index in [0.29, 0.717) is 11.4 Å². The molecule has 0 saturated heterocycles. The minimum absolute atomic E-state index is 0.196. The topological polar surface area (TPSA) is 63.1 Å². The third kappa shape index (κ3) is 5.65. The van der Waals surface area contributed by atoms with E-state index in [4.69, 9.17) is 0 Å². The Morgan fingerprint density at radius 3 is 2.62 bits per heavy atom. The molecule has 3 aromatic rings. The smallest absolute Gasteiger partial charge is 0.251 e. The van der Waals surface area contributed by atoms with Crippen LogP contribution in [0.2, 0.25) is 0 Å². The molecule has 152 valence electrons. The van der Waals surface area contributed by atoms with Gasteiger partial charge in [0.1, 0.15) is 5.82 Å². The lowest BCUT2D eigenvalue weighted by atomic mass is 10.0. The largest absolute Gasteiger partial charge is 0.345 e. The van der Waals surface area contributed by atoms with Gasteiger partial charge in [0.15, 0.2) is 11.0 Å². The highest BCUT2D eigenvalue weighted by Crippen LogP contribution is 2.21. The van der Waals surface area contributed by atoms with Crippen molar-refractivity contribution in [3.8, 4) is 11.1 Å². The summed E-state index contributed by atoms with van der Waals surface area (Å²) in [5.74, 6) is 1.13. The first-order valence-corrected chi connectivity index (χ1v) is 10.2. The third-order valence-electron chi connectivity index (χ3n) is 4.40. The van der Waals surface area contributed by atoms with Crippen LogP contribution >= 0.6 is 11.8 Å². The number of thioether (sulfide) groups is 1. The molecular weight excluding hydrogens is 389 g/mol. The van der Waals surface area contributed by atoms with E-state index in [9.17, 15) is 9.18 Å². The molecule has 1 aromatic heterocycles. The molecule has 0 aliphatic carbocycles. The summed E-state index contributed by atoms with van der Waals surface area (Å²) in [7, 11) is 5.96. The standard InChI is InChI=1S/C21H24FN5OS/c1-26(2)11-12-29-21-25-24-19(27(21)3)14-23-20(28)17-6-4-5-16(13-17)15-7-9-18(22)10-8-15/h4-10,13H,11-12,14H2,1-3H3,(H,23,28). The van der Waals surface area contributed by atoms with Gasteiger partial charge in [-0.15, -0.1) is 10.2 Å². The van der Waals surface area contributed by atoms with Gasteiger partial charge in [-0.05, 0) is 49.5 Å². The van der Waals surface area contributed by atoms with Crippen LogP contribution in [-0.4, -0.2) is 52.0 Å². The Morgan fingerprint density at radius 2 is 1.90 bits per heavy atom. The molecule has 29 heavy (non-hydrogen) atoms. The second-order valence-electron chi connectivity index (χ2n) is 6.88. The molecule has 0 unspecified atom stereocenters. The fourth-order valence-corrected chi connectivity index (χ4v) is 3.72. The van der Waals surface area contributed by atoms with Gasteiger partial charge in [-0.2, -0.15) is 0 Å². The quantitative estimate of drug-likeness (QED) is 0.575. The van der Waals surface area contributed by atoms with Crippen molar-refractivity contribution in [2.24, 2.45) is 7.05 Å². The molecule has 2 aromatic carbocycles. The molecule has 0 spiro atoms. The highest BCUT2D eigenvalue weighted by molar-refractivity contribution is 7.99. The summed E-state index contributed by atoms with van der Waals surface area (Å²) in [5, 5.41) is 12.1. The predicted octanol–water partition coefficient (Wildman–Crippen LogP) is 3.20. The van der Waals surface area contributed by atoms with Gasteiger partial charge in [-0.25, -0.2) is 4.39 Å². The molecule has 1 N–H and O–H groups in total. The van der Waals surface area contributed by atoms with Gasteiger partial charge in [-0.3, -0.25) is 4.79 Å². The highest BCUT2D eigenvalue weighted by atomic mass is 32.2. The summed E-state index contributed by atoms with van der Waals surface area (Å²) < 4.78 is 15.0. The van der Waals surface area contributed by atoms with Gasteiger partial charge < -0.3 is 14.8 Å². The molecule has 1 heterocycles.